The van der Waals surface area contributed by atoms with Crippen molar-refractivity contribution in [3.63, 3.8) is 0 Å². The van der Waals surface area contributed by atoms with Crippen molar-refractivity contribution >= 4 is 28.3 Å². The second-order valence-corrected chi connectivity index (χ2v) is 6.97. The standard InChI is InChI=1S/C18H16N4O2S/c1-11-16(21-17(25-11)14-8-5-9-24-14)18(23)22(2)10-15-19-12-6-3-4-7-13(12)20-15/h3-9H,10H2,1-2H3,(H,19,20). The lowest BCUT2D eigenvalue weighted by Gasteiger charge is -2.14. The first-order chi connectivity index (χ1) is 12.1. The molecule has 0 spiro atoms. The number of hydrogen-bond acceptors (Lipinski definition) is 5. The minimum Gasteiger partial charge on any atom is -0.462 e. The fourth-order valence-corrected chi connectivity index (χ4v) is 3.53. The van der Waals surface area contributed by atoms with Crippen molar-refractivity contribution in [2.45, 2.75) is 13.5 Å². The normalized spacial score (nSPS) is 11.1. The van der Waals surface area contributed by atoms with Crippen molar-refractivity contribution in [2.24, 2.45) is 0 Å². The number of carbonyl (C=O) groups is 1. The van der Waals surface area contributed by atoms with E-state index in [0.29, 0.717) is 23.0 Å². The molecule has 0 saturated carbocycles. The lowest BCUT2D eigenvalue weighted by Crippen LogP contribution is -2.27. The molecule has 126 valence electrons. The number of fused-ring (bicyclic) bond motifs is 1. The van der Waals surface area contributed by atoms with E-state index in [-0.39, 0.29) is 5.91 Å². The summed E-state index contributed by atoms with van der Waals surface area (Å²) >= 11 is 1.45. The van der Waals surface area contributed by atoms with Crippen LogP contribution in [0.5, 0.6) is 0 Å². The van der Waals surface area contributed by atoms with E-state index in [2.05, 4.69) is 15.0 Å². The Morgan fingerprint density at radius 1 is 1.24 bits per heavy atom. The van der Waals surface area contributed by atoms with E-state index in [1.54, 1.807) is 24.3 Å². The molecule has 0 unspecified atom stereocenters. The Bertz CT molecular complexity index is 1000. The largest absolute Gasteiger partial charge is 0.462 e. The molecule has 6 nitrogen and oxygen atoms in total. The number of aromatic amines is 1. The van der Waals surface area contributed by atoms with Gasteiger partial charge in [-0.2, -0.15) is 0 Å². The zero-order valence-electron chi connectivity index (χ0n) is 13.8. The lowest BCUT2D eigenvalue weighted by molar-refractivity contribution is 0.0776. The predicted molar refractivity (Wildman–Crippen MR) is 96.4 cm³/mol. The highest BCUT2D eigenvalue weighted by molar-refractivity contribution is 7.15. The van der Waals surface area contributed by atoms with E-state index in [0.717, 1.165) is 21.7 Å². The maximum absolute atomic E-state index is 12.8. The molecule has 1 aromatic carbocycles. The Balaban J connectivity index is 1.56. The van der Waals surface area contributed by atoms with Crippen LogP contribution in [0.4, 0.5) is 0 Å². The van der Waals surface area contributed by atoms with Crippen molar-refractivity contribution in [3.05, 3.63) is 59.1 Å². The van der Waals surface area contributed by atoms with Gasteiger partial charge in [0.2, 0.25) is 0 Å². The first kappa shape index (κ1) is 15.6. The number of para-hydroxylation sites is 2. The molecule has 4 rings (SSSR count). The van der Waals surface area contributed by atoms with Crippen LogP contribution in [-0.2, 0) is 6.54 Å². The van der Waals surface area contributed by atoms with Gasteiger partial charge in [-0.05, 0) is 31.2 Å². The van der Waals surface area contributed by atoms with Crippen LogP contribution in [-0.4, -0.2) is 32.8 Å². The third-order valence-corrected chi connectivity index (χ3v) is 4.89. The Morgan fingerprint density at radius 3 is 2.84 bits per heavy atom. The van der Waals surface area contributed by atoms with E-state index in [9.17, 15) is 4.79 Å². The second kappa shape index (κ2) is 6.18. The van der Waals surface area contributed by atoms with Gasteiger partial charge in [0.1, 0.15) is 11.5 Å². The van der Waals surface area contributed by atoms with Gasteiger partial charge in [0.15, 0.2) is 10.8 Å². The van der Waals surface area contributed by atoms with Crippen LogP contribution in [0.3, 0.4) is 0 Å². The molecule has 4 aromatic rings. The zero-order chi connectivity index (χ0) is 17.4. The highest BCUT2D eigenvalue weighted by Gasteiger charge is 2.21. The molecule has 3 aromatic heterocycles. The molecule has 7 heteroatoms. The number of benzene rings is 1. The maximum atomic E-state index is 12.8. The molecule has 0 aliphatic rings. The van der Waals surface area contributed by atoms with Gasteiger partial charge in [0.05, 0.1) is 23.8 Å². The summed E-state index contributed by atoms with van der Waals surface area (Å²) in [4.78, 5) is 27.5. The average Bonchev–Trinajstić information content (AvgIpc) is 3.32. The summed E-state index contributed by atoms with van der Waals surface area (Å²) in [5.41, 5.74) is 2.31. The number of thiazole rings is 1. The Kier molecular flexibility index (Phi) is 3.85. The highest BCUT2D eigenvalue weighted by atomic mass is 32.1. The van der Waals surface area contributed by atoms with Crippen molar-refractivity contribution in [2.75, 3.05) is 7.05 Å². The zero-order valence-corrected chi connectivity index (χ0v) is 14.6. The van der Waals surface area contributed by atoms with Crippen LogP contribution in [0.25, 0.3) is 21.8 Å². The quantitative estimate of drug-likeness (QED) is 0.605. The SMILES string of the molecule is Cc1sc(-c2ccco2)nc1C(=O)N(C)Cc1nc2ccccc2[nH]1. The predicted octanol–water partition coefficient (Wildman–Crippen LogP) is 3.86. The summed E-state index contributed by atoms with van der Waals surface area (Å²) in [5, 5.41) is 0.711. The van der Waals surface area contributed by atoms with Gasteiger partial charge in [-0.3, -0.25) is 4.79 Å². The molecule has 0 radical (unpaired) electrons. The molecule has 3 heterocycles. The number of nitrogens with one attached hydrogen (secondary N) is 1. The van der Waals surface area contributed by atoms with Crippen LogP contribution in [0, 0.1) is 6.92 Å². The summed E-state index contributed by atoms with van der Waals surface area (Å²) in [7, 11) is 1.75. The minimum atomic E-state index is -0.132. The van der Waals surface area contributed by atoms with Gasteiger partial charge in [-0.15, -0.1) is 11.3 Å². The minimum absolute atomic E-state index is 0.132. The molecular formula is C18H16N4O2S. The van der Waals surface area contributed by atoms with Crippen molar-refractivity contribution in [1.29, 1.82) is 0 Å². The number of rotatable bonds is 4. The fraction of sp³-hybridized carbons (Fsp3) is 0.167. The van der Waals surface area contributed by atoms with Crippen LogP contribution < -0.4 is 0 Å². The van der Waals surface area contributed by atoms with Gasteiger partial charge < -0.3 is 14.3 Å². The topological polar surface area (TPSA) is 75.0 Å². The van der Waals surface area contributed by atoms with Crippen molar-refractivity contribution in [3.8, 4) is 10.8 Å². The van der Waals surface area contributed by atoms with Gasteiger partial charge in [0.25, 0.3) is 5.91 Å². The molecule has 0 saturated heterocycles. The monoisotopic (exact) mass is 352 g/mol. The average molecular weight is 352 g/mol. The number of imidazole rings is 1. The van der Waals surface area contributed by atoms with Crippen molar-refractivity contribution in [1.82, 2.24) is 19.9 Å². The summed E-state index contributed by atoms with van der Waals surface area (Å²) in [6, 6.07) is 11.4. The number of aromatic nitrogens is 3. The fourth-order valence-electron chi connectivity index (χ4n) is 2.66. The summed E-state index contributed by atoms with van der Waals surface area (Å²) < 4.78 is 5.37. The number of aryl methyl sites for hydroxylation is 1. The van der Waals surface area contributed by atoms with Crippen LogP contribution in [0.1, 0.15) is 21.2 Å². The van der Waals surface area contributed by atoms with E-state index in [1.807, 2.05) is 37.3 Å². The van der Waals surface area contributed by atoms with E-state index in [4.69, 9.17) is 4.42 Å². The Morgan fingerprint density at radius 2 is 2.08 bits per heavy atom. The molecule has 0 aliphatic carbocycles. The molecule has 25 heavy (non-hydrogen) atoms. The van der Waals surface area contributed by atoms with Crippen molar-refractivity contribution < 1.29 is 9.21 Å². The molecule has 0 atom stereocenters. The molecule has 1 amide bonds. The molecule has 0 fully saturated rings. The Hall–Kier alpha value is -2.93. The summed E-state index contributed by atoms with van der Waals surface area (Å²) in [6.45, 7) is 2.28. The highest BCUT2D eigenvalue weighted by Crippen LogP contribution is 2.28. The number of nitrogens with zero attached hydrogens (tertiary/aromatic N) is 3. The van der Waals surface area contributed by atoms with E-state index in [1.165, 1.54) is 11.3 Å². The first-order valence-corrected chi connectivity index (χ1v) is 8.64. The maximum Gasteiger partial charge on any atom is 0.273 e. The Labute approximate surface area is 148 Å². The lowest BCUT2D eigenvalue weighted by atomic mass is 10.3. The third kappa shape index (κ3) is 2.94. The molecule has 1 N–H and O–H groups in total. The van der Waals surface area contributed by atoms with Gasteiger partial charge in [0, 0.05) is 11.9 Å². The number of amides is 1. The van der Waals surface area contributed by atoms with E-state index >= 15 is 0 Å². The number of carbonyl (C=O) groups excluding carboxylic acids is 1. The smallest absolute Gasteiger partial charge is 0.273 e. The second-order valence-electron chi connectivity index (χ2n) is 5.76. The number of furan rings is 1. The van der Waals surface area contributed by atoms with Gasteiger partial charge in [-0.1, -0.05) is 12.1 Å². The number of hydrogen-bond donors (Lipinski definition) is 1. The third-order valence-electron chi connectivity index (χ3n) is 3.90. The molecular weight excluding hydrogens is 336 g/mol. The number of H-pyrrole nitrogens is 1. The first-order valence-electron chi connectivity index (χ1n) is 7.82. The van der Waals surface area contributed by atoms with Gasteiger partial charge in [-0.25, -0.2) is 9.97 Å². The summed E-state index contributed by atoms with van der Waals surface area (Å²) in [5.74, 6) is 1.29. The van der Waals surface area contributed by atoms with E-state index < -0.39 is 0 Å². The van der Waals surface area contributed by atoms with Crippen LogP contribution >= 0.6 is 11.3 Å². The molecule has 0 aliphatic heterocycles. The molecule has 0 bridgehead atoms. The van der Waals surface area contributed by atoms with Crippen LogP contribution in [0.15, 0.2) is 47.1 Å². The summed E-state index contributed by atoms with van der Waals surface area (Å²) in [6.07, 6.45) is 1.60. The van der Waals surface area contributed by atoms with Gasteiger partial charge >= 0.3 is 0 Å². The van der Waals surface area contributed by atoms with Crippen LogP contribution in [0.2, 0.25) is 0 Å².